The largest absolute Gasteiger partial charge is 0.326 e. The molecule has 3 nitrogen and oxygen atoms in total. The maximum Gasteiger partial charge on any atom is 0.314 e. The lowest BCUT2D eigenvalue weighted by Crippen LogP contribution is -1.76. The fraction of sp³-hybridized carbons (Fsp3) is 1.00. The molecule has 0 aliphatic carbocycles. The molecule has 0 aromatic rings. The van der Waals surface area contributed by atoms with Gasteiger partial charge in [-0.25, -0.2) is 0 Å². The van der Waals surface area contributed by atoms with Gasteiger partial charge in [-0.2, -0.15) is 11.8 Å². The van der Waals surface area contributed by atoms with Crippen molar-refractivity contribution in [1.29, 1.82) is 0 Å². The minimum Gasteiger partial charge on any atom is -0.326 e. The van der Waals surface area contributed by atoms with Gasteiger partial charge in [0.2, 0.25) is 0 Å². The molecule has 0 fully saturated rings. The molecule has 2 N–H and O–H groups in total. The van der Waals surface area contributed by atoms with Gasteiger partial charge in [-0.05, 0) is 24.3 Å². The van der Waals surface area contributed by atoms with Crippen LogP contribution < -0.4 is 0 Å². The Hall–Kier alpha value is 0.500. The quantitative estimate of drug-likeness (QED) is 0.537. The van der Waals surface area contributed by atoms with Crippen LogP contribution in [0.15, 0.2) is 0 Å². The molecule has 5 heteroatoms. The van der Waals surface area contributed by atoms with E-state index in [9.17, 15) is 0 Å². The first-order valence-electron chi connectivity index (χ1n) is 3.64. The molecular formula is C6H17O3PS. The predicted octanol–water partition coefficient (Wildman–Crippen LogP) is 1.90. The van der Waals surface area contributed by atoms with Crippen LogP contribution in [0.4, 0.5) is 0 Å². The summed E-state index contributed by atoms with van der Waals surface area (Å²) >= 11 is 2.05. The van der Waals surface area contributed by atoms with Crippen molar-refractivity contribution in [2.24, 2.45) is 0 Å². The average Bonchev–Trinajstić information content (AvgIpc) is 1.88. The van der Waals surface area contributed by atoms with Crippen molar-refractivity contribution in [3.05, 3.63) is 0 Å². The second-order valence-electron chi connectivity index (χ2n) is 1.89. The summed E-state index contributed by atoms with van der Waals surface area (Å²) < 4.78 is 8.74. The van der Waals surface area contributed by atoms with E-state index in [1.54, 1.807) is 0 Å². The normalized spacial score (nSPS) is 9.18. The van der Waals surface area contributed by atoms with Crippen LogP contribution in [0, 0.1) is 0 Å². The fourth-order valence-electron chi connectivity index (χ4n) is 0.391. The summed E-state index contributed by atoms with van der Waals surface area (Å²) in [5.74, 6) is 2.68. The van der Waals surface area contributed by atoms with Crippen molar-refractivity contribution in [3.8, 4) is 0 Å². The Labute approximate surface area is 73.2 Å². The molecule has 0 atom stereocenters. The summed E-state index contributed by atoms with van der Waals surface area (Å²) in [4.78, 5) is 14.3. The molecule has 0 aliphatic heterocycles. The Bertz CT molecular complexity index is 81.9. The molecule has 0 aliphatic rings. The van der Waals surface area contributed by atoms with E-state index >= 15 is 0 Å². The summed E-state index contributed by atoms with van der Waals surface area (Å²) in [7, 11) is -3.13. The van der Waals surface area contributed by atoms with E-state index in [2.05, 4.69) is 25.6 Å². The molecular weight excluding hydrogens is 183 g/mol. The van der Waals surface area contributed by atoms with Crippen LogP contribution in [0.5, 0.6) is 0 Å². The van der Waals surface area contributed by atoms with Crippen LogP contribution >= 0.6 is 20.0 Å². The van der Waals surface area contributed by atoms with E-state index < -0.39 is 8.25 Å². The number of rotatable bonds is 4. The van der Waals surface area contributed by atoms with Gasteiger partial charge in [0, 0.05) is 0 Å². The number of hydrogen-bond acceptors (Lipinski definition) is 2. The van der Waals surface area contributed by atoms with E-state index in [1.165, 1.54) is 24.3 Å². The molecule has 0 radical (unpaired) electrons. The minimum absolute atomic E-state index is 1.32. The molecule has 0 amide bonds. The molecule has 0 saturated heterocycles. The Balaban J connectivity index is 0. The lowest BCUT2D eigenvalue weighted by molar-refractivity contribution is 0.405. The maximum atomic E-state index is 8.74. The first kappa shape index (κ1) is 14.0. The van der Waals surface area contributed by atoms with Gasteiger partial charge < -0.3 is 9.79 Å². The van der Waals surface area contributed by atoms with Crippen molar-refractivity contribution in [2.75, 3.05) is 11.5 Å². The van der Waals surface area contributed by atoms with Gasteiger partial charge in [-0.3, -0.25) is 4.57 Å². The third-order valence-corrected chi connectivity index (χ3v) is 2.09. The topological polar surface area (TPSA) is 57.5 Å². The molecule has 0 heterocycles. The van der Waals surface area contributed by atoms with Crippen LogP contribution in [0.25, 0.3) is 0 Å². The molecule has 11 heavy (non-hydrogen) atoms. The SMILES string of the molecule is CCCSCCC.O=[PH](O)O. The van der Waals surface area contributed by atoms with Gasteiger partial charge in [0.25, 0.3) is 0 Å². The second kappa shape index (κ2) is 13.1. The van der Waals surface area contributed by atoms with Gasteiger partial charge in [-0.15, -0.1) is 0 Å². The Morgan fingerprint density at radius 2 is 1.45 bits per heavy atom. The summed E-state index contributed by atoms with van der Waals surface area (Å²) in [6, 6.07) is 0. The highest BCUT2D eigenvalue weighted by molar-refractivity contribution is 7.99. The van der Waals surface area contributed by atoms with Crippen LogP contribution in [-0.4, -0.2) is 21.3 Å². The zero-order valence-corrected chi connectivity index (χ0v) is 8.86. The summed E-state index contributed by atoms with van der Waals surface area (Å²) in [6.07, 6.45) is 2.65. The first-order valence-corrected chi connectivity index (χ1v) is 6.10. The van der Waals surface area contributed by atoms with E-state index in [-0.39, 0.29) is 0 Å². The van der Waals surface area contributed by atoms with Crippen LogP contribution in [0.2, 0.25) is 0 Å². The smallest absolute Gasteiger partial charge is 0.314 e. The van der Waals surface area contributed by atoms with Crippen LogP contribution in [-0.2, 0) is 4.57 Å². The van der Waals surface area contributed by atoms with Crippen molar-refractivity contribution < 1.29 is 14.4 Å². The average molecular weight is 200 g/mol. The maximum absolute atomic E-state index is 8.74. The second-order valence-corrected chi connectivity index (χ2v) is 3.68. The van der Waals surface area contributed by atoms with E-state index in [4.69, 9.17) is 14.4 Å². The summed E-state index contributed by atoms with van der Waals surface area (Å²) in [5, 5.41) is 0. The number of hydrogen-bond donors (Lipinski definition) is 2. The lowest BCUT2D eigenvalue weighted by Gasteiger charge is -1.91. The zero-order valence-electron chi connectivity index (χ0n) is 7.04. The van der Waals surface area contributed by atoms with Gasteiger partial charge >= 0.3 is 8.25 Å². The third-order valence-electron chi connectivity index (χ3n) is 0.697. The fourth-order valence-corrected chi connectivity index (χ4v) is 1.17. The zero-order chi connectivity index (χ0) is 9.11. The molecule has 0 saturated carbocycles. The molecule has 0 unspecified atom stereocenters. The molecule has 0 aromatic heterocycles. The highest BCUT2D eigenvalue weighted by Crippen LogP contribution is 2.02. The van der Waals surface area contributed by atoms with Gasteiger partial charge in [0.1, 0.15) is 0 Å². The molecule has 0 bridgehead atoms. The Morgan fingerprint density at radius 3 is 1.64 bits per heavy atom. The van der Waals surface area contributed by atoms with Crippen LogP contribution in [0.3, 0.4) is 0 Å². The van der Waals surface area contributed by atoms with Crippen molar-refractivity contribution in [2.45, 2.75) is 26.7 Å². The summed E-state index contributed by atoms with van der Waals surface area (Å²) in [5.41, 5.74) is 0. The van der Waals surface area contributed by atoms with Crippen molar-refractivity contribution in [1.82, 2.24) is 0 Å². The summed E-state index contributed by atoms with van der Waals surface area (Å²) in [6.45, 7) is 4.45. The van der Waals surface area contributed by atoms with Crippen LogP contribution in [0.1, 0.15) is 26.7 Å². The third kappa shape index (κ3) is 37.5. The minimum atomic E-state index is -3.13. The predicted molar refractivity (Wildman–Crippen MR) is 51.3 cm³/mol. The highest BCUT2D eigenvalue weighted by atomic mass is 32.2. The Kier molecular flexibility index (Phi) is 16.8. The Morgan fingerprint density at radius 1 is 1.18 bits per heavy atom. The molecule has 0 rings (SSSR count). The van der Waals surface area contributed by atoms with E-state index in [0.29, 0.717) is 0 Å². The van der Waals surface area contributed by atoms with E-state index in [0.717, 1.165) is 0 Å². The van der Waals surface area contributed by atoms with Gasteiger partial charge in [0.15, 0.2) is 0 Å². The standard InChI is InChI=1S/C6H14S.H3O3P/c1-3-5-7-6-4-2;1-4(2)3/h3-6H2,1-2H3;4H,(H2,1,2,3). The molecule has 0 aromatic carbocycles. The van der Waals surface area contributed by atoms with Gasteiger partial charge in [0.05, 0.1) is 0 Å². The monoisotopic (exact) mass is 200 g/mol. The first-order chi connectivity index (χ1) is 5.15. The van der Waals surface area contributed by atoms with Crippen molar-refractivity contribution in [3.63, 3.8) is 0 Å². The highest BCUT2D eigenvalue weighted by Gasteiger charge is 1.79. The molecule has 70 valence electrons. The molecule has 0 spiro atoms. The van der Waals surface area contributed by atoms with Gasteiger partial charge in [-0.1, -0.05) is 13.8 Å². The number of thioether (sulfide) groups is 1. The van der Waals surface area contributed by atoms with E-state index in [1.807, 2.05) is 0 Å². The van der Waals surface area contributed by atoms with Crippen molar-refractivity contribution >= 4 is 20.0 Å². The lowest BCUT2D eigenvalue weighted by atomic mass is 10.6.